The minimum Gasteiger partial charge on any atom is -0.166 e. The predicted molar refractivity (Wildman–Crippen MR) is 46.7 cm³/mol. The summed E-state index contributed by atoms with van der Waals surface area (Å²) in [5, 5.41) is 0. The zero-order valence-electron chi connectivity index (χ0n) is 7.56. The molecule has 0 spiro atoms. The van der Waals surface area contributed by atoms with Crippen LogP contribution >= 0.6 is 0 Å². The Balaban J connectivity index is 2.08. The van der Waals surface area contributed by atoms with E-state index in [4.69, 9.17) is 0 Å². The normalized spacial score (nSPS) is 17.1. The highest BCUT2D eigenvalue weighted by atomic mass is 19.4. The topological polar surface area (TPSA) is 0 Å². The van der Waals surface area contributed by atoms with Crippen molar-refractivity contribution >= 4 is 0 Å². The number of hydrogen-bond acceptors (Lipinski definition) is 0. The molecule has 1 aliphatic rings. The van der Waals surface area contributed by atoms with Gasteiger partial charge < -0.3 is 0 Å². The third-order valence-electron chi connectivity index (χ3n) is 2.40. The molecule has 14 heavy (non-hydrogen) atoms. The van der Waals surface area contributed by atoms with Crippen LogP contribution in [0.1, 0.15) is 24.0 Å². The van der Waals surface area contributed by atoms with Gasteiger partial charge in [-0.1, -0.05) is 12.1 Å². The third-order valence-corrected chi connectivity index (χ3v) is 2.40. The highest BCUT2D eigenvalue weighted by Crippen LogP contribution is 2.33. The van der Waals surface area contributed by atoms with Crippen LogP contribution in [0.15, 0.2) is 18.2 Å². The quantitative estimate of drug-likeness (QED) is 0.684. The molecule has 1 aliphatic carbocycles. The minimum absolute atomic E-state index is 0.683. The van der Waals surface area contributed by atoms with E-state index >= 15 is 0 Å². The molecule has 0 aromatic heterocycles. The van der Waals surface area contributed by atoms with Crippen molar-refractivity contribution < 1.29 is 13.2 Å². The summed E-state index contributed by atoms with van der Waals surface area (Å²) in [6.45, 7) is 0. The summed E-state index contributed by atoms with van der Waals surface area (Å²) in [6.07, 6.45) is -0.950. The van der Waals surface area contributed by atoms with Gasteiger partial charge in [0, 0.05) is 0 Å². The van der Waals surface area contributed by atoms with Gasteiger partial charge in [0.25, 0.3) is 0 Å². The lowest BCUT2D eigenvalue weighted by atomic mass is 10.1. The van der Waals surface area contributed by atoms with Crippen molar-refractivity contribution in [1.29, 1.82) is 0 Å². The zero-order valence-corrected chi connectivity index (χ0v) is 7.56. The van der Waals surface area contributed by atoms with Gasteiger partial charge in [-0.15, -0.1) is 0 Å². The molecule has 0 aliphatic heterocycles. The van der Waals surface area contributed by atoms with E-state index in [0.29, 0.717) is 5.92 Å². The Hall–Kier alpha value is -0.990. The number of alkyl halides is 3. The summed E-state index contributed by atoms with van der Waals surface area (Å²) in [4.78, 5) is 0. The second-order valence-corrected chi connectivity index (χ2v) is 3.76. The Morgan fingerprint density at radius 2 is 2.00 bits per heavy atom. The van der Waals surface area contributed by atoms with E-state index in [1.54, 1.807) is 6.07 Å². The van der Waals surface area contributed by atoms with Crippen LogP contribution in [0, 0.1) is 12.0 Å². The summed E-state index contributed by atoms with van der Waals surface area (Å²) >= 11 is 0. The minimum atomic E-state index is -4.27. The van der Waals surface area contributed by atoms with Crippen molar-refractivity contribution in [3.05, 3.63) is 35.4 Å². The number of benzene rings is 1. The van der Waals surface area contributed by atoms with E-state index in [-0.39, 0.29) is 0 Å². The summed E-state index contributed by atoms with van der Waals surface area (Å²) in [5.41, 5.74) is 0.276. The maximum absolute atomic E-state index is 12.2. The fourth-order valence-corrected chi connectivity index (χ4v) is 1.42. The van der Waals surface area contributed by atoms with Crippen molar-refractivity contribution in [1.82, 2.24) is 0 Å². The Bertz CT molecular complexity index is 306. The number of halogens is 3. The van der Waals surface area contributed by atoms with Crippen molar-refractivity contribution in [2.24, 2.45) is 5.92 Å². The average Bonchev–Trinajstić information content (AvgIpc) is 2.88. The third kappa shape index (κ3) is 2.28. The number of hydrogen-bond donors (Lipinski definition) is 0. The maximum Gasteiger partial charge on any atom is 0.417 e. The molecule has 1 saturated carbocycles. The highest BCUT2D eigenvalue weighted by Gasteiger charge is 2.30. The van der Waals surface area contributed by atoms with Crippen LogP contribution in [-0.4, -0.2) is 0 Å². The first kappa shape index (κ1) is 9.56. The monoisotopic (exact) mass is 199 g/mol. The highest BCUT2D eigenvalue weighted by molar-refractivity contribution is 5.24. The summed E-state index contributed by atoms with van der Waals surface area (Å²) in [7, 11) is 0. The molecule has 1 radical (unpaired) electrons. The second-order valence-electron chi connectivity index (χ2n) is 3.76. The molecule has 2 rings (SSSR count). The summed E-state index contributed by atoms with van der Waals surface area (Å²) < 4.78 is 36.5. The fourth-order valence-electron chi connectivity index (χ4n) is 1.42. The Kier molecular flexibility index (Phi) is 2.25. The molecule has 3 heteroatoms. The fraction of sp³-hybridized carbons (Fsp3) is 0.455. The van der Waals surface area contributed by atoms with Crippen molar-refractivity contribution in [2.75, 3.05) is 0 Å². The van der Waals surface area contributed by atoms with Crippen LogP contribution < -0.4 is 0 Å². The van der Waals surface area contributed by atoms with Crippen LogP contribution in [0.3, 0.4) is 0 Å². The van der Waals surface area contributed by atoms with Gasteiger partial charge in [0.1, 0.15) is 0 Å². The van der Waals surface area contributed by atoms with E-state index in [1.807, 2.05) is 0 Å². The van der Waals surface area contributed by atoms with Gasteiger partial charge in [0.05, 0.1) is 5.56 Å². The summed E-state index contributed by atoms with van der Waals surface area (Å²) in [6, 6.07) is 6.41. The molecular formula is C11H10F3. The lowest BCUT2D eigenvalue weighted by molar-refractivity contribution is -0.137. The van der Waals surface area contributed by atoms with E-state index < -0.39 is 11.7 Å². The number of rotatable bonds is 2. The van der Waals surface area contributed by atoms with E-state index in [1.165, 1.54) is 18.9 Å². The molecule has 0 amide bonds. The van der Waals surface area contributed by atoms with Crippen LogP contribution in [0.5, 0.6) is 0 Å². The predicted octanol–water partition coefficient (Wildman–Crippen LogP) is 3.46. The lowest BCUT2D eigenvalue weighted by Gasteiger charge is -2.06. The van der Waals surface area contributed by atoms with E-state index in [9.17, 15) is 13.2 Å². The van der Waals surface area contributed by atoms with Crippen molar-refractivity contribution in [3.63, 3.8) is 0 Å². The first-order valence-electron chi connectivity index (χ1n) is 4.63. The molecular weight excluding hydrogens is 189 g/mol. The molecule has 1 aromatic carbocycles. The Labute approximate surface area is 80.7 Å². The zero-order chi connectivity index (χ0) is 10.2. The van der Waals surface area contributed by atoms with Gasteiger partial charge in [0.2, 0.25) is 0 Å². The van der Waals surface area contributed by atoms with E-state index in [2.05, 4.69) is 6.07 Å². The maximum atomic E-state index is 12.2. The Morgan fingerprint density at radius 1 is 1.29 bits per heavy atom. The Morgan fingerprint density at radius 3 is 2.43 bits per heavy atom. The first-order valence-corrected chi connectivity index (χ1v) is 4.63. The van der Waals surface area contributed by atoms with Crippen molar-refractivity contribution in [3.8, 4) is 0 Å². The van der Waals surface area contributed by atoms with Gasteiger partial charge in [-0.2, -0.15) is 13.2 Å². The molecule has 0 nitrogen and oxygen atoms in total. The molecule has 0 bridgehead atoms. The van der Waals surface area contributed by atoms with Gasteiger partial charge in [-0.3, -0.25) is 0 Å². The summed E-state index contributed by atoms with van der Waals surface area (Å²) in [5.74, 6) is 0.695. The lowest BCUT2D eigenvalue weighted by Crippen LogP contribution is -2.04. The molecule has 75 valence electrons. The standard InChI is InChI=1S/C11H10F3/c12-11(13,14)10-5-3-9(4-6-10)7-8-1-2-8/h3-5,8H,1-2,7H2. The van der Waals surface area contributed by atoms with Crippen LogP contribution in [0.4, 0.5) is 13.2 Å². The van der Waals surface area contributed by atoms with Crippen LogP contribution in [-0.2, 0) is 12.6 Å². The van der Waals surface area contributed by atoms with Crippen LogP contribution in [0.25, 0.3) is 0 Å². The molecule has 1 fully saturated rings. The van der Waals surface area contributed by atoms with Gasteiger partial charge in [-0.05, 0) is 42.9 Å². The SMILES string of the molecule is FC(F)(F)c1[c]cc(CC2CC2)cc1. The van der Waals surface area contributed by atoms with Gasteiger partial charge in [-0.25, -0.2) is 0 Å². The molecule has 0 N–H and O–H groups in total. The van der Waals surface area contributed by atoms with Gasteiger partial charge in [0.15, 0.2) is 0 Å². The van der Waals surface area contributed by atoms with E-state index in [0.717, 1.165) is 18.1 Å². The molecule has 0 saturated heterocycles. The molecule has 1 aromatic rings. The first-order chi connectivity index (χ1) is 6.55. The van der Waals surface area contributed by atoms with Gasteiger partial charge >= 0.3 is 6.18 Å². The average molecular weight is 199 g/mol. The smallest absolute Gasteiger partial charge is 0.166 e. The van der Waals surface area contributed by atoms with Crippen molar-refractivity contribution in [2.45, 2.75) is 25.4 Å². The second kappa shape index (κ2) is 3.30. The molecule has 0 heterocycles. The molecule has 0 atom stereocenters. The molecule has 0 unspecified atom stereocenters. The largest absolute Gasteiger partial charge is 0.417 e. The van der Waals surface area contributed by atoms with Crippen LogP contribution in [0.2, 0.25) is 0 Å².